The predicted octanol–water partition coefficient (Wildman–Crippen LogP) is 1.91. The minimum atomic E-state index is 0.406. The number of piperidine rings is 1. The van der Waals surface area contributed by atoms with Gasteiger partial charge in [0.15, 0.2) is 5.82 Å². The SMILES string of the molecule is Cc1cc2c(NC3CCN(c4ncccn4)CC3)nccn2n1. The van der Waals surface area contributed by atoms with Crippen molar-refractivity contribution in [3.05, 3.63) is 42.6 Å². The summed E-state index contributed by atoms with van der Waals surface area (Å²) in [5.41, 5.74) is 2.02. The van der Waals surface area contributed by atoms with Crippen LogP contribution in [0.3, 0.4) is 0 Å². The molecule has 1 fully saturated rings. The summed E-state index contributed by atoms with van der Waals surface area (Å²) in [6.07, 6.45) is 9.32. The van der Waals surface area contributed by atoms with E-state index in [1.807, 2.05) is 23.7 Å². The molecule has 0 aliphatic carbocycles. The number of aryl methyl sites for hydroxylation is 1. The minimum Gasteiger partial charge on any atom is -0.365 e. The molecule has 4 rings (SSSR count). The molecule has 0 radical (unpaired) electrons. The smallest absolute Gasteiger partial charge is 0.225 e. The number of hydrogen-bond donors (Lipinski definition) is 1. The van der Waals surface area contributed by atoms with E-state index in [0.717, 1.165) is 48.9 Å². The van der Waals surface area contributed by atoms with Crippen LogP contribution >= 0.6 is 0 Å². The first-order valence-corrected chi connectivity index (χ1v) is 7.89. The van der Waals surface area contributed by atoms with Crippen LogP contribution < -0.4 is 10.2 Å². The quantitative estimate of drug-likeness (QED) is 0.797. The number of nitrogens with one attached hydrogen (secondary N) is 1. The summed E-state index contributed by atoms with van der Waals surface area (Å²) < 4.78 is 1.87. The molecule has 118 valence electrons. The van der Waals surface area contributed by atoms with E-state index in [0.29, 0.717) is 6.04 Å². The van der Waals surface area contributed by atoms with E-state index in [9.17, 15) is 0 Å². The summed E-state index contributed by atoms with van der Waals surface area (Å²) >= 11 is 0. The summed E-state index contributed by atoms with van der Waals surface area (Å²) in [6, 6.07) is 4.31. The Hall–Kier alpha value is -2.70. The van der Waals surface area contributed by atoms with Crippen molar-refractivity contribution >= 4 is 17.3 Å². The average Bonchev–Trinajstić information content (AvgIpc) is 2.98. The number of hydrogen-bond acceptors (Lipinski definition) is 6. The van der Waals surface area contributed by atoms with Crippen LogP contribution in [0.1, 0.15) is 18.5 Å². The van der Waals surface area contributed by atoms with Gasteiger partial charge in [0, 0.05) is 43.9 Å². The minimum absolute atomic E-state index is 0.406. The van der Waals surface area contributed by atoms with Crippen molar-refractivity contribution in [2.24, 2.45) is 0 Å². The molecule has 0 atom stereocenters. The molecular weight excluding hydrogens is 290 g/mol. The van der Waals surface area contributed by atoms with Gasteiger partial charge in [0.1, 0.15) is 5.52 Å². The molecule has 23 heavy (non-hydrogen) atoms. The Labute approximate surface area is 134 Å². The third-order valence-electron chi connectivity index (χ3n) is 4.18. The fourth-order valence-corrected chi connectivity index (χ4v) is 3.03. The Kier molecular flexibility index (Phi) is 3.53. The van der Waals surface area contributed by atoms with E-state index in [2.05, 4.69) is 36.3 Å². The molecule has 3 aromatic rings. The van der Waals surface area contributed by atoms with Gasteiger partial charge in [-0.15, -0.1) is 0 Å². The van der Waals surface area contributed by atoms with Crippen LogP contribution in [0.15, 0.2) is 36.9 Å². The van der Waals surface area contributed by atoms with Crippen LogP contribution in [-0.4, -0.2) is 43.7 Å². The molecule has 1 N–H and O–H groups in total. The average molecular weight is 309 g/mol. The van der Waals surface area contributed by atoms with Crippen molar-refractivity contribution in [1.29, 1.82) is 0 Å². The monoisotopic (exact) mass is 309 g/mol. The van der Waals surface area contributed by atoms with Crippen LogP contribution in [0.25, 0.3) is 5.52 Å². The lowest BCUT2D eigenvalue weighted by atomic mass is 10.1. The maximum atomic E-state index is 4.48. The highest BCUT2D eigenvalue weighted by atomic mass is 15.3. The highest BCUT2D eigenvalue weighted by molar-refractivity contribution is 5.68. The van der Waals surface area contributed by atoms with E-state index in [1.54, 1.807) is 18.6 Å². The van der Waals surface area contributed by atoms with Gasteiger partial charge in [-0.05, 0) is 31.9 Å². The summed E-state index contributed by atoms with van der Waals surface area (Å²) in [5.74, 6) is 1.72. The molecule has 0 aromatic carbocycles. The molecule has 0 unspecified atom stereocenters. The van der Waals surface area contributed by atoms with Crippen molar-refractivity contribution in [3.8, 4) is 0 Å². The fraction of sp³-hybridized carbons (Fsp3) is 0.375. The molecule has 1 aliphatic rings. The molecule has 1 saturated heterocycles. The first-order chi connectivity index (χ1) is 11.3. The van der Waals surface area contributed by atoms with Crippen LogP contribution in [-0.2, 0) is 0 Å². The van der Waals surface area contributed by atoms with Crippen molar-refractivity contribution in [2.45, 2.75) is 25.8 Å². The number of nitrogens with zero attached hydrogens (tertiary/aromatic N) is 6. The van der Waals surface area contributed by atoms with Gasteiger partial charge < -0.3 is 10.2 Å². The number of fused-ring (bicyclic) bond motifs is 1. The van der Waals surface area contributed by atoms with E-state index < -0.39 is 0 Å². The highest BCUT2D eigenvalue weighted by Gasteiger charge is 2.21. The normalized spacial score (nSPS) is 16.0. The second-order valence-corrected chi connectivity index (χ2v) is 5.85. The Morgan fingerprint density at radius 2 is 1.87 bits per heavy atom. The Morgan fingerprint density at radius 3 is 2.65 bits per heavy atom. The molecule has 7 nitrogen and oxygen atoms in total. The molecule has 1 aliphatic heterocycles. The topological polar surface area (TPSA) is 71.2 Å². The van der Waals surface area contributed by atoms with Gasteiger partial charge in [-0.3, -0.25) is 0 Å². The highest BCUT2D eigenvalue weighted by Crippen LogP contribution is 2.21. The van der Waals surface area contributed by atoms with Crippen molar-refractivity contribution in [2.75, 3.05) is 23.3 Å². The first kappa shape index (κ1) is 13.9. The third kappa shape index (κ3) is 2.81. The molecule has 4 heterocycles. The standard InChI is InChI=1S/C16H19N7/c1-12-11-14-15(17-7-10-23(14)21-12)20-13-3-8-22(9-4-13)16-18-5-2-6-19-16/h2,5-7,10-11,13H,3-4,8-9H2,1H3,(H,17,20). The summed E-state index contributed by atoms with van der Waals surface area (Å²) in [7, 11) is 0. The van der Waals surface area contributed by atoms with Gasteiger partial charge in [0.05, 0.1) is 5.69 Å². The van der Waals surface area contributed by atoms with E-state index in [4.69, 9.17) is 0 Å². The zero-order valence-corrected chi connectivity index (χ0v) is 13.1. The zero-order chi connectivity index (χ0) is 15.6. The van der Waals surface area contributed by atoms with Gasteiger partial charge >= 0.3 is 0 Å². The van der Waals surface area contributed by atoms with Gasteiger partial charge in [-0.25, -0.2) is 19.5 Å². The van der Waals surface area contributed by atoms with Gasteiger partial charge in [-0.2, -0.15) is 5.10 Å². The van der Waals surface area contributed by atoms with Crippen LogP contribution in [0, 0.1) is 6.92 Å². The maximum absolute atomic E-state index is 4.48. The zero-order valence-electron chi connectivity index (χ0n) is 13.1. The fourth-order valence-electron chi connectivity index (χ4n) is 3.03. The molecule has 3 aromatic heterocycles. The van der Waals surface area contributed by atoms with Gasteiger partial charge in [0.2, 0.25) is 5.95 Å². The second-order valence-electron chi connectivity index (χ2n) is 5.85. The van der Waals surface area contributed by atoms with Crippen LogP contribution in [0.4, 0.5) is 11.8 Å². The lowest BCUT2D eigenvalue weighted by molar-refractivity contribution is 0.519. The number of aromatic nitrogens is 5. The summed E-state index contributed by atoms with van der Waals surface area (Å²) in [6.45, 7) is 3.89. The van der Waals surface area contributed by atoms with Crippen molar-refractivity contribution in [3.63, 3.8) is 0 Å². The molecule has 0 spiro atoms. The molecular formula is C16H19N7. The van der Waals surface area contributed by atoms with Crippen molar-refractivity contribution < 1.29 is 0 Å². The molecule has 0 amide bonds. The second kappa shape index (κ2) is 5.83. The first-order valence-electron chi connectivity index (χ1n) is 7.89. The number of rotatable bonds is 3. The molecule has 7 heteroatoms. The van der Waals surface area contributed by atoms with E-state index >= 15 is 0 Å². The van der Waals surface area contributed by atoms with Gasteiger partial charge in [-0.1, -0.05) is 0 Å². The van der Waals surface area contributed by atoms with E-state index in [1.165, 1.54) is 0 Å². The lowest BCUT2D eigenvalue weighted by Gasteiger charge is -2.32. The Bertz CT molecular complexity index is 791. The Morgan fingerprint density at radius 1 is 1.09 bits per heavy atom. The van der Waals surface area contributed by atoms with Crippen molar-refractivity contribution in [1.82, 2.24) is 24.6 Å². The largest absolute Gasteiger partial charge is 0.365 e. The summed E-state index contributed by atoms with van der Waals surface area (Å²) in [5, 5.41) is 8.00. The maximum Gasteiger partial charge on any atom is 0.225 e. The Balaban J connectivity index is 1.45. The number of anilines is 2. The molecule has 0 saturated carbocycles. The van der Waals surface area contributed by atoms with Crippen LogP contribution in [0.5, 0.6) is 0 Å². The lowest BCUT2D eigenvalue weighted by Crippen LogP contribution is -2.40. The summed E-state index contributed by atoms with van der Waals surface area (Å²) in [4.78, 5) is 15.4. The van der Waals surface area contributed by atoms with E-state index in [-0.39, 0.29) is 0 Å². The van der Waals surface area contributed by atoms with Crippen LogP contribution in [0.2, 0.25) is 0 Å². The molecule has 0 bridgehead atoms. The third-order valence-corrected chi connectivity index (χ3v) is 4.18. The van der Waals surface area contributed by atoms with Gasteiger partial charge in [0.25, 0.3) is 0 Å². The predicted molar refractivity (Wildman–Crippen MR) is 88.6 cm³/mol.